The molecule has 0 aliphatic carbocycles. The topological polar surface area (TPSA) is 54.4 Å². The summed E-state index contributed by atoms with van der Waals surface area (Å²) in [5.41, 5.74) is 0.980. The van der Waals surface area contributed by atoms with Gasteiger partial charge in [0.2, 0.25) is 0 Å². The lowest BCUT2D eigenvalue weighted by atomic mass is 10.0. The Morgan fingerprint density at radius 1 is 1.47 bits per heavy atom. The van der Waals surface area contributed by atoms with Gasteiger partial charge in [0.1, 0.15) is 0 Å². The first-order valence-electron chi connectivity index (χ1n) is 4.84. The number of hydrogen-bond donors (Lipinski definition) is 2. The minimum Gasteiger partial charge on any atom is -0.478 e. The molecule has 1 unspecified atom stereocenters. The summed E-state index contributed by atoms with van der Waals surface area (Å²) in [5.74, 6) is -1.17. The van der Waals surface area contributed by atoms with Gasteiger partial charge in [-0.3, -0.25) is 4.79 Å². The van der Waals surface area contributed by atoms with Crippen LogP contribution in [0.15, 0.2) is 29.2 Å². The number of Topliss-reactive ketones (excluding diaryl/α,β-unsaturated/α-hetero) is 1. The van der Waals surface area contributed by atoms with Gasteiger partial charge in [0, 0.05) is 16.5 Å². The molecule has 90 valence electrons. The van der Waals surface area contributed by atoms with E-state index in [1.807, 2.05) is 0 Å². The molecule has 0 amide bonds. The fourth-order valence-corrected chi connectivity index (χ4v) is 1.84. The summed E-state index contributed by atoms with van der Waals surface area (Å²) in [4.78, 5) is 22.6. The van der Waals surface area contributed by atoms with E-state index in [0.29, 0.717) is 16.0 Å². The highest BCUT2D eigenvalue weighted by molar-refractivity contribution is 9.10. The van der Waals surface area contributed by atoms with Crippen LogP contribution in [0.3, 0.4) is 0 Å². The maximum absolute atomic E-state index is 11.9. The molecule has 0 spiro atoms. The quantitative estimate of drug-likeness (QED) is 0.389. The van der Waals surface area contributed by atoms with E-state index in [-0.39, 0.29) is 10.6 Å². The van der Waals surface area contributed by atoms with Crippen molar-refractivity contribution in [2.75, 3.05) is 0 Å². The number of hydrogen-bond acceptors (Lipinski definition) is 3. The van der Waals surface area contributed by atoms with Gasteiger partial charge in [-0.25, -0.2) is 4.79 Å². The molecule has 0 aliphatic rings. The SMILES string of the molecule is CC(Br)C(=O)c1cccc(S)c1C=CC(=O)O. The van der Waals surface area contributed by atoms with Crippen molar-refractivity contribution in [2.45, 2.75) is 16.6 Å². The van der Waals surface area contributed by atoms with Crippen molar-refractivity contribution in [3.05, 3.63) is 35.4 Å². The van der Waals surface area contributed by atoms with Gasteiger partial charge < -0.3 is 5.11 Å². The predicted molar refractivity (Wildman–Crippen MR) is 73.1 cm³/mol. The van der Waals surface area contributed by atoms with Crippen LogP contribution < -0.4 is 0 Å². The Hall–Kier alpha value is -1.07. The third-order valence-corrected chi connectivity index (χ3v) is 2.91. The van der Waals surface area contributed by atoms with Crippen LogP contribution in [0.4, 0.5) is 0 Å². The number of halogens is 1. The van der Waals surface area contributed by atoms with Crippen molar-refractivity contribution in [3.63, 3.8) is 0 Å². The van der Waals surface area contributed by atoms with E-state index in [9.17, 15) is 9.59 Å². The number of carbonyl (C=O) groups is 2. The number of rotatable bonds is 4. The van der Waals surface area contributed by atoms with Crippen LogP contribution in [-0.4, -0.2) is 21.7 Å². The maximum atomic E-state index is 11.9. The van der Waals surface area contributed by atoms with Crippen molar-refractivity contribution in [3.8, 4) is 0 Å². The third kappa shape index (κ3) is 3.71. The van der Waals surface area contributed by atoms with E-state index in [4.69, 9.17) is 5.11 Å². The van der Waals surface area contributed by atoms with Crippen molar-refractivity contribution in [1.82, 2.24) is 0 Å². The van der Waals surface area contributed by atoms with E-state index >= 15 is 0 Å². The Morgan fingerprint density at radius 2 is 2.12 bits per heavy atom. The minimum atomic E-state index is -1.06. The summed E-state index contributed by atoms with van der Waals surface area (Å²) in [5, 5.41) is 8.60. The summed E-state index contributed by atoms with van der Waals surface area (Å²) in [6.07, 6.45) is 2.37. The van der Waals surface area contributed by atoms with Crippen molar-refractivity contribution >= 4 is 46.4 Å². The van der Waals surface area contributed by atoms with Crippen molar-refractivity contribution < 1.29 is 14.7 Å². The van der Waals surface area contributed by atoms with Crippen LogP contribution in [-0.2, 0) is 4.79 Å². The highest BCUT2D eigenvalue weighted by Crippen LogP contribution is 2.22. The largest absolute Gasteiger partial charge is 0.478 e. The number of ketones is 1. The molecular weight excluding hydrogens is 304 g/mol. The van der Waals surface area contributed by atoms with Crippen LogP contribution in [0.2, 0.25) is 0 Å². The van der Waals surface area contributed by atoms with Crippen LogP contribution >= 0.6 is 28.6 Å². The standard InChI is InChI=1S/C12H11BrO3S/c1-7(13)12(16)9-3-2-4-10(17)8(9)5-6-11(14)15/h2-7,17H,1H3,(H,14,15). The molecule has 0 fully saturated rings. The van der Waals surface area contributed by atoms with E-state index in [1.54, 1.807) is 25.1 Å². The molecule has 1 N–H and O–H groups in total. The molecule has 1 aromatic carbocycles. The lowest BCUT2D eigenvalue weighted by molar-refractivity contribution is -0.131. The zero-order valence-corrected chi connectivity index (χ0v) is 11.5. The second-order valence-corrected chi connectivity index (χ2v) is 5.25. The van der Waals surface area contributed by atoms with Crippen molar-refractivity contribution in [1.29, 1.82) is 0 Å². The molecule has 0 saturated heterocycles. The summed E-state index contributed by atoms with van der Waals surface area (Å²) >= 11 is 7.42. The average molecular weight is 315 g/mol. The second-order valence-electron chi connectivity index (χ2n) is 3.39. The van der Waals surface area contributed by atoms with E-state index in [1.165, 1.54) is 6.08 Å². The zero-order valence-electron chi connectivity index (χ0n) is 9.05. The Morgan fingerprint density at radius 3 is 2.65 bits per heavy atom. The molecule has 0 saturated carbocycles. The van der Waals surface area contributed by atoms with Crippen molar-refractivity contribution in [2.24, 2.45) is 0 Å². The first-order chi connectivity index (χ1) is 7.93. The van der Waals surface area contributed by atoms with Crippen LogP contribution in [0.5, 0.6) is 0 Å². The summed E-state index contributed by atoms with van der Waals surface area (Å²) in [7, 11) is 0. The molecule has 1 rings (SSSR count). The normalized spacial score (nSPS) is 12.6. The van der Waals surface area contributed by atoms with Gasteiger partial charge in [-0.15, -0.1) is 12.6 Å². The Kier molecular flexibility index (Phi) is 4.96. The molecular formula is C12H11BrO3S. The van der Waals surface area contributed by atoms with Gasteiger partial charge in [0.15, 0.2) is 5.78 Å². The molecule has 3 nitrogen and oxygen atoms in total. The zero-order chi connectivity index (χ0) is 13.0. The molecule has 0 aromatic heterocycles. The Labute approximate surface area is 113 Å². The first kappa shape index (κ1) is 14.0. The van der Waals surface area contributed by atoms with Gasteiger partial charge in [0.05, 0.1) is 4.83 Å². The smallest absolute Gasteiger partial charge is 0.328 e. The molecule has 17 heavy (non-hydrogen) atoms. The molecule has 5 heteroatoms. The Balaban J connectivity index is 3.26. The first-order valence-corrected chi connectivity index (χ1v) is 6.21. The van der Waals surface area contributed by atoms with E-state index < -0.39 is 5.97 Å². The molecule has 0 bridgehead atoms. The van der Waals surface area contributed by atoms with Gasteiger partial charge in [-0.05, 0) is 24.6 Å². The molecule has 0 heterocycles. The number of thiol groups is 1. The molecule has 1 atom stereocenters. The lowest BCUT2D eigenvalue weighted by Crippen LogP contribution is -2.11. The number of aliphatic carboxylic acids is 1. The number of carboxylic acids is 1. The summed E-state index contributed by atoms with van der Waals surface area (Å²) in [6, 6.07) is 5.07. The highest BCUT2D eigenvalue weighted by atomic mass is 79.9. The number of carboxylic acid groups (broad SMARTS) is 1. The van der Waals surface area contributed by atoms with E-state index in [2.05, 4.69) is 28.6 Å². The third-order valence-electron chi connectivity index (χ3n) is 2.10. The molecule has 1 aromatic rings. The monoisotopic (exact) mass is 314 g/mol. The van der Waals surface area contributed by atoms with Gasteiger partial charge in [0.25, 0.3) is 0 Å². The maximum Gasteiger partial charge on any atom is 0.328 e. The lowest BCUT2D eigenvalue weighted by Gasteiger charge is -2.08. The fourth-order valence-electron chi connectivity index (χ4n) is 1.31. The second kappa shape index (κ2) is 6.02. The average Bonchev–Trinajstić information content (AvgIpc) is 2.25. The molecule has 0 radical (unpaired) electrons. The summed E-state index contributed by atoms with van der Waals surface area (Å²) in [6.45, 7) is 1.72. The van der Waals surface area contributed by atoms with Crippen LogP contribution in [0, 0.1) is 0 Å². The van der Waals surface area contributed by atoms with Gasteiger partial charge in [-0.1, -0.05) is 28.1 Å². The summed E-state index contributed by atoms with van der Waals surface area (Å²) < 4.78 is 0. The van der Waals surface area contributed by atoms with Crippen LogP contribution in [0.25, 0.3) is 6.08 Å². The number of carbonyl (C=O) groups excluding carboxylic acids is 1. The number of alkyl halides is 1. The van der Waals surface area contributed by atoms with Gasteiger partial charge >= 0.3 is 5.97 Å². The number of benzene rings is 1. The minimum absolute atomic E-state index is 0.106. The molecule has 0 aliphatic heterocycles. The van der Waals surface area contributed by atoms with Gasteiger partial charge in [-0.2, -0.15) is 0 Å². The van der Waals surface area contributed by atoms with E-state index in [0.717, 1.165) is 6.08 Å². The fraction of sp³-hybridized carbons (Fsp3) is 0.167. The predicted octanol–water partition coefficient (Wildman–Crippen LogP) is 3.04. The van der Waals surface area contributed by atoms with Crippen LogP contribution in [0.1, 0.15) is 22.8 Å². The highest BCUT2D eigenvalue weighted by Gasteiger charge is 2.16. The Bertz CT molecular complexity index is 481.